The minimum absolute atomic E-state index is 0.138. The lowest BCUT2D eigenvalue weighted by atomic mass is 9.79. The van der Waals surface area contributed by atoms with E-state index in [0.717, 1.165) is 11.1 Å². The molecule has 0 bridgehead atoms. The molecule has 5 rings (SSSR count). The first-order chi connectivity index (χ1) is 18.4. The van der Waals surface area contributed by atoms with Crippen molar-refractivity contribution in [1.82, 2.24) is 5.32 Å². The second kappa shape index (κ2) is 10.8. The van der Waals surface area contributed by atoms with Crippen molar-refractivity contribution in [2.75, 3.05) is 13.2 Å². The van der Waals surface area contributed by atoms with Crippen molar-refractivity contribution < 1.29 is 23.8 Å². The van der Waals surface area contributed by atoms with Gasteiger partial charge < -0.3 is 19.5 Å². The number of ketones is 1. The van der Waals surface area contributed by atoms with Crippen LogP contribution in [-0.4, -0.2) is 25.0 Å². The Morgan fingerprint density at radius 3 is 2.37 bits per heavy atom. The number of allylic oxidation sites excluding steroid dienone is 2. The Bertz CT molecular complexity index is 1470. The Morgan fingerprint density at radius 1 is 0.947 bits per heavy atom. The molecule has 3 aromatic carbocycles. The maximum atomic E-state index is 13.7. The number of nitrogens with one attached hydrogen (secondary N) is 1. The molecule has 2 aliphatic rings. The molecule has 0 unspecified atom stereocenters. The summed E-state index contributed by atoms with van der Waals surface area (Å²) >= 11 is 6.80. The van der Waals surface area contributed by atoms with E-state index in [1.807, 2.05) is 62.4 Å². The second-order valence-corrected chi connectivity index (χ2v) is 9.43. The third-order valence-corrected chi connectivity index (χ3v) is 6.92. The van der Waals surface area contributed by atoms with Gasteiger partial charge in [-0.25, -0.2) is 4.79 Å². The Balaban J connectivity index is 1.63. The van der Waals surface area contributed by atoms with Crippen molar-refractivity contribution in [2.45, 2.75) is 33.3 Å². The zero-order valence-corrected chi connectivity index (χ0v) is 22.2. The van der Waals surface area contributed by atoms with Crippen molar-refractivity contribution in [3.8, 4) is 11.5 Å². The number of hydrogen-bond donors (Lipinski definition) is 1. The fourth-order valence-electron chi connectivity index (χ4n) is 5.03. The maximum absolute atomic E-state index is 13.7. The predicted octanol–water partition coefficient (Wildman–Crippen LogP) is 6.45. The van der Waals surface area contributed by atoms with Crippen LogP contribution in [0.4, 0.5) is 0 Å². The molecule has 1 aliphatic heterocycles. The van der Waals surface area contributed by atoms with Gasteiger partial charge in [-0.05, 0) is 44.0 Å². The van der Waals surface area contributed by atoms with Crippen LogP contribution < -0.4 is 14.8 Å². The lowest BCUT2D eigenvalue weighted by Gasteiger charge is -2.30. The smallest absolute Gasteiger partial charge is 0.336 e. The normalized spacial score (nSPS) is 16.1. The largest absolute Gasteiger partial charge is 0.490 e. The highest BCUT2D eigenvalue weighted by molar-refractivity contribution is 6.32. The molecule has 3 aromatic rings. The number of ether oxygens (including phenoxy) is 3. The molecule has 0 radical (unpaired) electrons. The van der Waals surface area contributed by atoms with E-state index in [4.69, 9.17) is 25.8 Å². The van der Waals surface area contributed by atoms with E-state index in [1.54, 1.807) is 25.1 Å². The van der Waals surface area contributed by atoms with Crippen molar-refractivity contribution in [1.29, 1.82) is 0 Å². The van der Waals surface area contributed by atoms with Crippen LogP contribution >= 0.6 is 11.6 Å². The molecular formula is C31H28ClNO5. The second-order valence-electron chi connectivity index (χ2n) is 9.02. The number of hydrogen-bond acceptors (Lipinski definition) is 6. The lowest BCUT2D eigenvalue weighted by molar-refractivity contribution is -0.138. The summed E-state index contributed by atoms with van der Waals surface area (Å²) in [6.45, 7) is 6.34. The summed E-state index contributed by atoms with van der Waals surface area (Å²) in [5.41, 5.74) is 5.18. The fraction of sp³-hybridized carbons (Fsp3) is 0.226. The van der Waals surface area contributed by atoms with Crippen LogP contribution in [0, 0.1) is 0 Å². The summed E-state index contributed by atoms with van der Waals surface area (Å²) in [6.07, 6.45) is 0. The highest BCUT2D eigenvalue weighted by atomic mass is 35.5. The summed E-state index contributed by atoms with van der Waals surface area (Å²) in [5, 5.41) is 3.63. The highest BCUT2D eigenvalue weighted by Crippen LogP contribution is 2.49. The highest BCUT2D eigenvalue weighted by Gasteiger charge is 2.43. The van der Waals surface area contributed by atoms with E-state index in [0.29, 0.717) is 63.4 Å². The molecule has 0 saturated heterocycles. The van der Waals surface area contributed by atoms with E-state index in [2.05, 4.69) is 5.32 Å². The van der Waals surface area contributed by atoms with Crippen molar-refractivity contribution in [2.24, 2.45) is 0 Å². The molecule has 0 spiro atoms. The zero-order valence-electron chi connectivity index (χ0n) is 21.5. The quantitative estimate of drug-likeness (QED) is 0.338. The van der Waals surface area contributed by atoms with Gasteiger partial charge in [0.1, 0.15) is 6.61 Å². The standard InChI is InChI=1S/C31H28ClNO5/c1-4-36-24-16-20(15-23(32)30(24)38-17-19-11-7-6-8-12-19)26-25(31(35)37-5-2)18(3)33-28-21-13-9-10-14-22(21)29(34)27(26)28/h6-16,26,33H,4-5,17H2,1-3H3/t26-/m0/s1. The third-order valence-electron chi connectivity index (χ3n) is 6.64. The van der Waals surface area contributed by atoms with E-state index in [-0.39, 0.29) is 12.4 Å². The molecule has 38 heavy (non-hydrogen) atoms. The van der Waals surface area contributed by atoms with Crippen molar-refractivity contribution in [3.63, 3.8) is 0 Å². The number of rotatable bonds is 8. The van der Waals surface area contributed by atoms with E-state index >= 15 is 0 Å². The summed E-state index contributed by atoms with van der Waals surface area (Å²) < 4.78 is 17.5. The van der Waals surface area contributed by atoms with Crippen molar-refractivity contribution >= 4 is 29.1 Å². The summed E-state index contributed by atoms with van der Waals surface area (Å²) in [6, 6.07) is 20.7. The van der Waals surface area contributed by atoms with E-state index in [9.17, 15) is 9.59 Å². The fourth-order valence-corrected chi connectivity index (χ4v) is 5.30. The van der Waals surface area contributed by atoms with Gasteiger partial charge in [-0.3, -0.25) is 4.79 Å². The third kappa shape index (κ3) is 4.56. The molecule has 0 saturated carbocycles. The summed E-state index contributed by atoms with van der Waals surface area (Å²) in [5.74, 6) is -0.485. The molecule has 1 atom stereocenters. The summed E-state index contributed by atoms with van der Waals surface area (Å²) in [4.78, 5) is 26.9. The molecule has 0 fully saturated rings. The maximum Gasteiger partial charge on any atom is 0.336 e. The molecule has 6 nitrogen and oxygen atoms in total. The van der Waals surface area contributed by atoms with Crippen LogP contribution in [0.3, 0.4) is 0 Å². The van der Waals surface area contributed by atoms with Gasteiger partial charge in [-0.1, -0.05) is 66.2 Å². The van der Waals surface area contributed by atoms with Crippen LogP contribution in [0.5, 0.6) is 11.5 Å². The van der Waals surface area contributed by atoms with Crippen molar-refractivity contribution in [3.05, 3.63) is 111 Å². The van der Waals surface area contributed by atoms with Crippen LogP contribution in [0.15, 0.2) is 83.6 Å². The van der Waals surface area contributed by atoms with E-state index in [1.165, 1.54) is 0 Å². The van der Waals surface area contributed by atoms with E-state index < -0.39 is 11.9 Å². The number of fused-ring (bicyclic) bond motifs is 2. The molecule has 7 heteroatoms. The van der Waals surface area contributed by atoms with Gasteiger partial charge in [0, 0.05) is 28.3 Å². The average molecular weight is 530 g/mol. The molecule has 194 valence electrons. The first kappa shape index (κ1) is 25.6. The first-order valence-corrected chi connectivity index (χ1v) is 13.0. The topological polar surface area (TPSA) is 73.9 Å². The van der Waals surface area contributed by atoms with Gasteiger partial charge in [-0.15, -0.1) is 0 Å². The number of halogens is 1. The zero-order chi connectivity index (χ0) is 26.8. The minimum Gasteiger partial charge on any atom is -0.490 e. The van der Waals surface area contributed by atoms with Crippen LogP contribution in [-0.2, 0) is 16.1 Å². The molecule has 0 aromatic heterocycles. The number of carbonyl (C=O) groups excluding carboxylic acids is 2. The first-order valence-electron chi connectivity index (χ1n) is 12.6. The molecule has 1 heterocycles. The molecule has 1 aliphatic carbocycles. The Hall–Kier alpha value is -4.03. The predicted molar refractivity (Wildman–Crippen MR) is 146 cm³/mol. The number of benzene rings is 3. The van der Waals surface area contributed by atoms with Gasteiger partial charge in [-0.2, -0.15) is 0 Å². The number of dihydropyridines is 1. The number of carbonyl (C=O) groups is 2. The minimum atomic E-state index is -0.704. The van der Waals surface area contributed by atoms with Gasteiger partial charge >= 0.3 is 5.97 Å². The molecular weight excluding hydrogens is 502 g/mol. The monoisotopic (exact) mass is 529 g/mol. The van der Waals surface area contributed by atoms with Gasteiger partial charge in [0.2, 0.25) is 0 Å². The SMILES string of the molecule is CCOC(=O)C1=C(C)NC2=C(C(=O)c3ccccc32)[C@H]1c1cc(Cl)c(OCc2ccccc2)c(OCC)c1. The van der Waals surface area contributed by atoms with Crippen LogP contribution in [0.2, 0.25) is 5.02 Å². The van der Waals surface area contributed by atoms with Crippen LogP contribution in [0.25, 0.3) is 5.70 Å². The lowest BCUT2D eigenvalue weighted by Crippen LogP contribution is -2.29. The summed E-state index contributed by atoms with van der Waals surface area (Å²) in [7, 11) is 0. The molecule has 0 amide bonds. The molecule has 1 N–H and O–H groups in total. The van der Waals surface area contributed by atoms with Gasteiger partial charge in [0.15, 0.2) is 17.3 Å². The van der Waals surface area contributed by atoms with Crippen LogP contribution in [0.1, 0.15) is 53.7 Å². The Morgan fingerprint density at radius 2 is 1.66 bits per heavy atom. The Kier molecular flexibility index (Phi) is 7.25. The number of Topliss-reactive ketones (excluding diaryl/α,β-unsaturated/α-hetero) is 1. The number of esters is 1. The van der Waals surface area contributed by atoms with Gasteiger partial charge in [0.25, 0.3) is 0 Å². The average Bonchev–Trinajstić information content (AvgIpc) is 3.19. The van der Waals surface area contributed by atoms with Gasteiger partial charge in [0.05, 0.1) is 29.5 Å². The Labute approximate surface area is 226 Å².